The zero-order valence-corrected chi connectivity index (χ0v) is 41.8. The maximum Gasteiger partial charge on any atom is 0.146 e. The Labute approximate surface area is 422 Å². The van der Waals surface area contributed by atoms with Gasteiger partial charge in [0.15, 0.2) is 0 Å². The standard InChI is InChI=1S/C64H43N3P2S2/c70-68(48-19-7-2-8-20-48,51-33-29-45(30-34-51)44-17-5-1-6-18-44)52-35-39-59(65-43-52)47-31-36-56-55-26-14-16-28-58(55)64-66-60-38-32-46(41-62(60)67(64)61(56)42-47)53-37-40-63(57-27-15-13-25-54(53)57)69(71,49-21-9-3-10-22-49)50-23-11-4-12-24-50/h1-43H. The summed E-state index contributed by atoms with van der Waals surface area (Å²) in [5, 5.41) is 12.7. The molecule has 0 aliphatic rings. The number of hydrogen-bond acceptors (Lipinski definition) is 4. The fourth-order valence-corrected chi connectivity index (χ4v) is 18.2. The largest absolute Gasteiger partial charge is 0.292 e. The molecule has 3 heterocycles. The van der Waals surface area contributed by atoms with Crippen molar-refractivity contribution in [3.63, 3.8) is 0 Å². The van der Waals surface area contributed by atoms with E-state index >= 15 is 0 Å². The van der Waals surface area contributed by atoms with Gasteiger partial charge >= 0.3 is 0 Å². The molecule has 3 aromatic heterocycles. The molecule has 13 aromatic rings. The van der Waals surface area contributed by atoms with Crippen molar-refractivity contribution in [1.82, 2.24) is 14.4 Å². The number of pyridine rings is 2. The first-order chi connectivity index (χ1) is 35.0. The molecular weight excluding hydrogens is 937 g/mol. The van der Waals surface area contributed by atoms with Crippen LogP contribution in [0.15, 0.2) is 261 Å². The summed E-state index contributed by atoms with van der Waals surface area (Å²) in [6, 6.07) is 86.1. The molecule has 0 bridgehead atoms. The van der Waals surface area contributed by atoms with Crippen LogP contribution in [0.25, 0.3) is 82.6 Å². The maximum atomic E-state index is 6.90. The van der Waals surface area contributed by atoms with E-state index in [0.717, 1.165) is 76.7 Å². The molecule has 0 amide bonds. The minimum Gasteiger partial charge on any atom is -0.292 e. The average Bonchev–Trinajstić information content (AvgIpc) is 3.85. The number of rotatable bonds is 9. The molecule has 0 spiro atoms. The number of benzene rings is 10. The van der Waals surface area contributed by atoms with Gasteiger partial charge in [-0.1, -0.05) is 248 Å². The van der Waals surface area contributed by atoms with Crippen molar-refractivity contribution in [2.75, 3.05) is 0 Å². The zero-order chi connectivity index (χ0) is 47.5. The molecule has 10 aromatic carbocycles. The molecule has 1 atom stereocenters. The van der Waals surface area contributed by atoms with E-state index in [0.29, 0.717) is 0 Å². The van der Waals surface area contributed by atoms with Crippen molar-refractivity contribution in [2.24, 2.45) is 0 Å². The van der Waals surface area contributed by atoms with Crippen LogP contribution in [0.3, 0.4) is 0 Å². The van der Waals surface area contributed by atoms with E-state index in [9.17, 15) is 0 Å². The average molecular weight is 980 g/mol. The topological polar surface area (TPSA) is 30.2 Å². The lowest BCUT2D eigenvalue weighted by Crippen LogP contribution is -2.25. The Kier molecular flexibility index (Phi) is 10.8. The second-order valence-corrected chi connectivity index (χ2v) is 26.8. The van der Waals surface area contributed by atoms with Gasteiger partial charge in [0.1, 0.15) is 5.65 Å². The first-order valence-electron chi connectivity index (χ1n) is 23.8. The summed E-state index contributed by atoms with van der Waals surface area (Å²) in [5.41, 5.74) is 10.5. The van der Waals surface area contributed by atoms with E-state index in [1.54, 1.807) is 0 Å². The number of aromatic nitrogens is 3. The highest BCUT2D eigenvalue weighted by Crippen LogP contribution is 2.47. The third kappa shape index (κ3) is 7.23. The second-order valence-electron chi connectivity index (χ2n) is 18.0. The Morgan fingerprint density at radius 1 is 0.338 bits per heavy atom. The van der Waals surface area contributed by atoms with E-state index in [1.165, 1.54) is 37.8 Å². The van der Waals surface area contributed by atoms with E-state index in [2.05, 4.69) is 253 Å². The van der Waals surface area contributed by atoms with Gasteiger partial charge in [0.25, 0.3) is 0 Å². The van der Waals surface area contributed by atoms with Gasteiger partial charge in [-0.05, 0) is 90.0 Å². The third-order valence-electron chi connectivity index (χ3n) is 14.0. The van der Waals surface area contributed by atoms with Crippen LogP contribution in [0.2, 0.25) is 0 Å². The smallest absolute Gasteiger partial charge is 0.146 e. The minimum atomic E-state index is -2.45. The summed E-state index contributed by atoms with van der Waals surface area (Å²) in [5.74, 6) is 0. The van der Waals surface area contributed by atoms with Crippen molar-refractivity contribution in [2.45, 2.75) is 0 Å². The van der Waals surface area contributed by atoms with Crippen molar-refractivity contribution in [1.29, 1.82) is 0 Å². The summed E-state index contributed by atoms with van der Waals surface area (Å²) in [7, 11) is 0. The van der Waals surface area contributed by atoms with E-state index in [-0.39, 0.29) is 0 Å². The van der Waals surface area contributed by atoms with Crippen molar-refractivity contribution >= 4 is 117 Å². The van der Waals surface area contributed by atoms with Crippen LogP contribution < -0.4 is 31.8 Å². The Hall–Kier alpha value is -7.62. The molecule has 0 aliphatic carbocycles. The highest BCUT2D eigenvalue weighted by Gasteiger charge is 2.28. The number of imidazole rings is 1. The summed E-state index contributed by atoms with van der Waals surface area (Å²) in [4.78, 5) is 10.6. The molecule has 336 valence electrons. The maximum absolute atomic E-state index is 6.90. The molecule has 0 saturated heterocycles. The van der Waals surface area contributed by atoms with E-state index in [1.807, 2.05) is 12.3 Å². The van der Waals surface area contributed by atoms with Crippen molar-refractivity contribution in [3.8, 4) is 33.5 Å². The summed E-state index contributed by atoms with van der Waals surface area (Å²) >= 11 is 13.7. The predicted octanol–water partition coefficient (Wildman–Crippen LogP) is 13.9. The molecule has 3 nitrogen and oxygen atoms in total. The van der Waals surface area contributed by atoms with Gasteiger partial charge in [0.05, 0.1) is 22.2 Å². The van der Waals surface area contributed by atoms with Gasteiger partial charge in [0, 0.05) is 45.2 Å². The number of hydrogen-bond donors (Lipinski definition) is 0. The number of nitrogens with zero attached hydrogens (tertiary/aromatic N) is 3. The molecule has 0 fully saturated rings. The van der Waals surface area contributed by atoms with Crippen molar-refractivity contribution < 1.29 is 0 Å². The zero-order valence-electron chi connectivity index (χ0n) is 38.4. The molecule has 0 N–H and O–H groups in total. The number of fused-ring (bicyclic) bond motifs is 9. The van der Waals surface area contributed by atoms with Gasteiger partial charge < -0.3 is 0 Å². The fourth-order valence-electron chi connectivity index (χ4n) is 10.5. The second kappa shape index (κ2) is 17.7. The molecule has 13 rings (SSSR count). The van der Waals surface area contributed by atoms with Crippen LogP contribution in [0.5, 0.6) is 0 Å². The Balaban J connectivity index is 0.945. The Bertz CT molecular complexity index is 4210. The van der Waals surface area contributed by atoms with Gasteiger partial charge in [0.2, 0.25) is 0 Å². The summed E-state index contributed by atoms with van der Waals surface area (Å²) < 4.78 is 2.35. The van der Waals surface area contributed by atoms with E-state index < -0.39 is 12.1 Å². The molecule has 7 heteroatoms. The van der Waals surface area contributed by atoms with Crippen LogP contribution in [0.1, 0.15) is 0 Å². The predicted molar refractivity (Wildman–Crippen MR) is 311 cm³/mol. The highest BCUT2D eigenvalue weighted by molar-refractivity contribution is 8.26. The first kappa shape index (κ1) is 43.4. The van der Waals surface area contributed by atoms with Gasteiger partial charge in [-0.25, -0.2) is 4.98 Å². The quantitative estimate of drug-likeness (QED) is 0.106. The molecule has 0 aliphatic heterocycles. The highest BCUT2D eigenvalue weighted by atomic mass is 32.4. The molecule has 0 radical (unpaired) electrons. The van der Waals surface area contributed by atoms with Gasteiger partial charge in [-0.2, -0.15) is 0 Å². The molecule has 1 unspecified atom stereocenters. The SMILES string of the molecule is S=P(c1ccccc1)(c1ccc(-c2ccccc2)cc1)c1ccc(-c2ccc3c4ccccc4c4nc5ccc(-c6ccc(P(=S)(c7ccccc7)c7ccccc7)c7ccccc67)cc5n4c3c2)nc1. The van der Waals surface area contributed by atoms with Crippen molar-refractivity contribution in [3.05, 3.63) is 261 Å². The molecule has 71 heavy (non-hydrogen) atoms. The van der Waals surface area contributed by atoms with E-state index in [4.69, 9.17) is 33.6 Å². The lowest BCUT2D eigenvalue weighted by atomic mass is 9.98. The van der Waals surface area contributed by atoms with Crippen LogP contribution in [-0.4, -0.2) is 14.4 Å². The summed E-state index contributed by atoms with van der Waals surface area (Å²) in [6.07, 6.45) is 2.01. The lowest BCUT2D eigenvalue weighted by molar-refractivity contribution is 1.31. The lowest BCUT2D eigenvalue weighted by Gasteiger charge is -2.26. The Morgan fingerprint density at radius 3 is 1.49 bits per heavy atom. The van der Waals surface area contributed by atoms with Crippen LogP contribution in [0.4, 0.5) is 0 Å². The Morgan fingerprint density at radius 2 is 0.845 bits per heavy atom. The summed E-state index contributed by atoms with van der Waals surface area (Å²) in [6.45, 7) is 0. The minimum absolute atomic E-state index is 0.884. The third-order valence-corrected chi connectivity index (χ3v) is 23.9. The normalized spacial score (nSPS) is 12.7. The first-order valence-corrected chi connectivity index (χ1v) is 29.4. The van der Waals surface area contributed by atoms with Crippen LogP contribution in [0, 0.1) is 0 Å². The molecular formula is C64H43N3P2S2. The van der Waals surface area contributed by atoms with Gasteiger partial charge in [-0.3, -0.25) is 9.38 Å². The van der Waals surface area contributed by atoms with Gasteiger partial charge in [-0.15, -0.1) is 0 Å². The monoisotopic (exact) mass is 979 g/mol. The molecule has 0 saturated carbocycles. The fraction of sp³-hybridized carbons (Fsp3) is 0. The van der Waals surface area contributed by atoms with Crippen LogP contribution >= 0.6 is 12.1 Å². The van der Waals surface area contributed by atoms with Crippen LogP contribution in [-0.2, 0) is 23.6 Å².